The number of nitrogens with zero attached hydrogens (tertiary/aromatic N) is 6. The molecule has 4 heterocycles. The molecule has 1 aromatic carbocycles. The molecule has 2 aliphatic heterocycles. The highest BCUT2D eigenvalue weighted by Gasteiger charge is 2.19. The summed E-state index contributed by atoms with van der Waals surface area (Å²) in [5, 5.41) is 12.3. The van der Waals surface area contributed by atoms with Gasteiger partial charge in [0.15, 0.2) is 5.65 Å². The Morgan fingerprint density at radius 3 is 2.52 bits per heavy atom. The van der Waals surface area contributed by atoms with E-state index in [1.165, 1.54) is 5.69 Å². The van der Waals surface area contributed by atoms with Crippen molar-refractivity contribution >= 4 is 28.4 Å². The van der Waals surface area contributed by atoms with Crippen molar-refractivity contribution in [2.45, 2.75) is 18.9 Å². The first-order valence-electron chi connectivity index (χ1n) is 10.5. The molecule has 8 nitrogen and oxygen atoms in total. The summed E-state index contributed by atoms with van der Waals surface area (Å²) in [5.41, 5.74) is 3.17. The lowest BCUT2D eigenvalue weighted by molar-refractivity contribution is 0.313. The average molecular weight is 393 g/mol. The number of nitrogens with one attached hydrogen (secondary N) is 2. The van der Waals surface area contributed by atoms with Gasteiger partial charge in [-0.25, -0.2) is 9.67 Å². The number of anilines is 3. The van der Waals surface area contributed by atoms with Gasteiger partial charge in [-0.15, -0.1) is 0 Å². The molecule has 3 aromatic rings. The minimum atomic E-state index is 0.402. The molecule has 2 saturated heterocycles. The zero-order valence-electron chi connectivity index (χ0n) is 16.9. The highest BCUT2D eigenvalue weighted by atomic mass is 15.3. The Kier molecular flexibility index (Phi) is 5.03. The van der Waals surface area contributed by atoms with Crippen LogP contribution in [0.25, 0.3) is 11.0 Å². The Bertz CT molecular complexity index is 952. The molecule has 0 unspecified atom stereocenters. The lowest BCUT2D eigenvalue weighted by Crippen LogP contribution is -2.44. The van der Waals surface area contributed by atoms with Crippen molar-refractivity contribution in [3.63, 3.8) is 0 Å². The van der Waals surface area contributed by atoms with Gasteiger partial charge in [-0.3, -0.25) is 0 Å². The van der Waals surface area contributed by atoms with Gasteiger partial charge in [-0.1, -0.05) is 0 Å². The van der Waals surface area contributed by atoms with Crippen LogP contribution in [0.3, 0.4) is 0 Å². The van der Waals surface area contributed by atoms with Crippen molar-refractivity contribution in [1.29, 1.82) is 0 Å². The molecule has 8 heteroatoms. The Balaban J connectivity index is 1.32. The number of fused-ring (bicyclic) bond motifs is 1. The van der Waals surface area contributed by atoms with Crippen LogP contribution in [0.15, 0.2) is 36.7 Å². The molecule has 152 valence electrons. The van der Waals surface area contributed by atoms with Crippen molar-refractivity contribution in [1.82, 2.24) is 30.0 Å². The fraction of sp³-hybridized carbons (Fsp3) is 0.476. The minimum Gasteiger partial charge on any atom is -0.369 e. The van der Waals surface area contributed by atoms with E-state index in [4.69, 9.17) is 4.98 Å². The summed E-state index contributed by atoms with van der Waals surface area (Å²) in [6.07, 6.45) is 5.88. The minimum absolute atomic E-state index is 0.402. The van der Waals surface area contributed by atoms with Crippen LogP contribution in [0.1, 0.15) is 18.9 Å². The van der Waals surface area contributed by atoms with Crippen molar-refractivity contribution in [3.05, 3.63) is 36.7 Å². The Labute approximate surface area is 170 Å². The second-order valence-electron chi connectivity index (χ2n) is 8.01. The quantitative estimate of drug-likeness (QED) is 0.705. The van der Waals surface area contributed by atoms with Gasteiger partial charge >= 0.3 is 0 Å². The number of benzene rings is 1. The third kappa shape index (κ3) is 3.90. The van der Waals surface area contributed by atoms with E-state index < -0.39 is 0 Å². The zero-order chi connectivity index (χ0) is 19.6. The maximum atomic E-state index is 4.77. The van der Waals surface area contributed by atoms with Crippen molar-refractivity contribution in [2.24, 2.45) is 0 Å². The van der Waals surface area contributed by atoms with Crippen LogP contribution in [0.2, 0.25) is 0 Å². The molecule has 0 aliphatic carbocycles. The van der Waals surface area contributed by atoms with E-state index in [0.717, 1.165) is 68.8 Å². The number of hydrogen-bond acceptors (Lipinski definition) is 7. The third-order valence-corrected chi connectivity index (χ3v) is 5.98. The molecule has 0 amide bonds. The van der Waals surface area contributed by atoms with E-state index >= 15 is 0 Å². The van der Waals surface area contributed by atoms with E-state index in [9.17, 15) is 0 Å². The molecular formula is C21H28N8. The first kappa shape index (κ1) is 18.3. The SMILES string of the molecule is CN1CCN(c2ccc(Nc3ncc4cnn(C5CCNCC5)c4n3)cc2)CC1. The molecule has 0 bridgehead atoms. The Hall–Kier alpha value is -2.71. The molecule has 2 N–H and O–H groups in total. The topological polar surface area (TPSA) is 74.1 Å². The number of piperazine rings is 1. The predicted octanol–water partition coefficient (Wildman–Crippen LogP) is 2.25. The summed E-state index contributed by atoms with van der Waals surface area (Å²) in [6.45, 7) is 6.42. The van der Waals surface area contributed by atoms with Crippen LogP contribution in [-0.2, 0) is 0 Å². The van der Waals surface area contributed by atoms with E-state index in [1.807, 2.05) is 12.4 Å². The molecule has 5 rings (SSSR count). The van der Waals surface area contributed by atoms with Crippen LogP contribution in [0.4, 0.5) is 17.3 Å². The largest absolute Gasteiger partial charge is 0.369 e. The first-order chi connectivity index (χ1) is 14.3. The fourth-order valence-corrected chi connectivity index (χ4v) is 4.16. The molecule has 2 aromatic heterocycles. The van der Waals surface area contributed by atoms with Gasteiger partial charge in [0, 0.05) is 43.8 Å². The molecule has 2 fully saturated rings. The van der Waals surface area contributed by atoms with Crippen molar-refractivity contribution in [2.75, 3.05) is 56.5 Å². The van der Waals surface area contributed by atoms with Crippen LogP contribution >= 0.6 is 0 Å². The molecule has 0 spiro atoms. The molecule has 0 atom stereocenters. The maximum Gasteiger partial charge on any atom is 0.229 e. The lowest BCUT2D eigenvalue weighted by Gasteiger charge is -2.34. The predicted molar refractivity (Wildman–Crippen MR) is 116 cm³/mol. The number of likely N-dealkylation sites (N-methyl/N-ethyl adjacent to an activating group) is 1. The van der Waals surface area contributed by atoms with E-state index in [-0.39, 0.29) is 0 Å². The van der Waals surface area contributed by atoms with Gasteiger partial charge in [-0.05, 0) is 57.2 Å². The van der Waals surface area contributed by atoms with Gasteiger partial charge in [0.05, 0.1) is 17.6 Å². The van der Waals surface area contributed by atoms with Gasteiger partial charge in [0.1, 0.15) is 0 Å². The van der Waals surface area contributed by atoms with Crippen molar-refractivity contribution in [3.8, 4) is 0 Å². The van der Waals surface area contributed by atoms with Gasteiger partial charge in [0.25, 0.3) is 0 Å². The van der Waals surface area contributed by atoms with Crippen LogP contribution in [0, 0.1) is 0 Å². The highest BCUT2D eigenvalue weighted by Crippen LogP contribution is 2.25. The molecule has 0 saturated carbocycles. The summed E-state index contributed by atoms with van der Waals surface area (Å²) >= 11 is 0. The van der Waals surface area contributed by atoms with Gasteiger partial charge in [-0.2, -0.15) is 10.1 Å². The number of aromatic nitrogens is 4. The highest BCUT2D eigenvalue weighted by molar-refractivity contribution is 5.75. The number of rotatable bonds is 4. The Morgan fingerprint density at radius 1 is 1.00 bits per heavy atom. The fourth-order valence-electron chi connectivity index (χ4n) is 4.16. The van der Waals surface area contributed by atoms with E-state index in [0.29, 0.717) is 12.0 Å². The summed E-state index contributed by atoms with van der Waals surface area (Å²) in [7, 11) is 2.18. The molecule has 2 aliphatic rings. The first-order valence-corrected chi connectivity index (χ1v) is 10.5. The van der Waals surface area contributed by atoms with Crippen LogP contribution < -0.4 is 15.5 Å². The monoisotopic (exact) mass is 392 g/mol. The van der Waals surface area contributed by atoms with Crippen LogP contribution in [0.5, 0.6) is 0 Å². The van der Waals surface area contributed by atoms with Gasteiger partial charge in [0.2, 0.25) is 5.95 Å². The average Bonchev–Trinajstić information content (AvgIpc) is 3.19. The summed E-state index contributed by atoms with van der Waals surface area (Å²) in [4.78, 5) is 14.0. The summed E-state index contributed by atoms with van der Waals surface area (Å²) in [6, 6.07) is 8.95. The standard InChI is InChI=1S/C21H28N8/c1-27-10-12-28(13-11-27)18-4-2-17(3-5-18)25-21-23-14-16-15-24-29(20(16)26-21)19-6-8-22-9-7-19/h2-5,14-15,19,22H,6-13H2,1H3,(H,23,25,26). The normalized spacial score (nSPS) is 19.0. The number of hydrogen-bond donors (Lipinski definition) is 2. The zero-order valence-corrected chi connectivity index (χ0v) is 16.9. The second kappa shape index (κ2) is 7.96. The van der Waals surface area contributed by atoms with Gasteiger partial charge < -0.3 is 20.4 Å². The van der Waals surface area contributed by atoms with Crippen LogP contribution in [-0.4, -0.2) is 71.0 Å². The van der Waals surface area contributed by atoms with Crippen molar-refractivity contribution < 1.29 is 0 Å². The second-order valence-corrected chi connectivity index (χ2v) is 8.01. The summed E-state index contributed by atoms with van der Waals surface area (Å²) < 4.78 is 2.07. The lowest BCUT2D eigenvalue weighted by atomic mass is 10.1. The molecule has 0 radical (unpaired) electrons. The Morgan fingerprint density at radius 2 is 1.76 bits per heavy atom. The maximum absolute atomic E-state index is 4.77. The third-order valence-electron chi connectivity index (χ3n) is 5.98. The smallest absolute Gasteiger partial charge is 0.229 e. The number of piperidine rings is 1. The molecular weight excluding hydrogens is 364 g/mol. The van der Waals surface area contributed by atoms with E-state index in [2.05, 4.69) is 66.5 Å². The summed E-state index contributed by atoms with van der Waals surface area (Å²) in [5.74, 6) is 0.612. The van der Waals surface area contributed by atoms with E-state index in [1.54, 1.807) is 0 Å². The molecule has 29 heavy (non-hydrogen) atoms.